The zero-order valence-corrected chi connectivity index (χ0v) is 15.1. The van der Waals surface area contributed by atoms with E-state index in [4.69, 9.17) is 4.74 Å². The third kappa shape index (κ3) is 3.69. The molecular weight excluding hydrogens is 386 g/mol. The summed E-state index contributed by atoms with van der Waals surface area (Å²) in [5, 5.41) is 9.82. The molecule has 2 aromatic carbocycles. The lowest BCUT2D eigenvalue weighted by molar-refractivity contribution is -0.143. The normalized spacial score (nSPS) is 19.6. The van der Waals surface area contributed by atoms with Gasteiger partial charge in [-0.2, -0.15) is 0 Å². The molecule has 3 rings (SSSR count). The third-order valence-corrected chi connectivity index (χ3v) is 5.01. The predicted octanol–water partition coefficient (Wildman–Crippen LogP) is 3.81. The first-order valence-electron chi connectivity index (χ1n) is 7.96. The van der Waals surface area contributed by atoms with Crippen LogP contribution in [0.25, 0.3) is 0 Å². The second kappa shape index (κ2) is 7.27. The minimum Gasteiger partial charge on any atom is -0.481 e. The van der Waals surface area contributed by atoms with Gasteiger partial charge in [0.1, 0.15) is 12.0 Å². The number of carbonyl (C=O) groups is 2. The summed E-state index contributed by atoms with van der Waals surface area (Å²) in [6.07, 6.45) is -0.124. The van der Waals surface area contributed by atoms with Crippen molar-refractivity contribution in [3.63, 3.8) is 0 Å². The summed E-state index contributed by atoms with van der Waals surface area (Å²) in [5.41, 5.74) is 0.481. The van der Waals surface area contributed by atoms with Crippen LogP contribution in [0.5, 0.6) is 0 Å². The number of aliphatic carboxylic acids is 1. The summed E-state index contributed by atoms with van der Waals surface area (Å²) in [6.45, 7) is 0.631. The molecule has 6 heteroatoms. The molecule has 1 atom stereocenters. The third-order valence-electron chi connectivity index (χ3n) is 4.52. The molecule has 1 saturated heterocycles. The Hall–Kier alpha value is -2.34. The molecule has 1 aliphatic rings. The fourth-order valence-electron chi connectivity index (χ4n) is 3.10. The van der Waals surface area contributed by atoms with Crippen LogP contribution in [0.15, 0.2) is 59.1 Å². The Kier molecular flexibility index (Phi) is 5.08. The lowest BCUT2D eigenvalue weighted by Crippen LogP contribution is -2.40. The fourth-order valence-corrected chi connectivity index (χ4v) is 3.50. The van der Waals surface area contributed by atoms with Gasteiger partial charge in [0.2, 0.25) is 0 Å². The number of carboxylic acids is 1. The topological polar surface area (TPSA) is 66.8 Å². The van der Waals surface area contributed by atoms with Crippen LogP contribution in [-0.4, -0.2) is 35.2 Å². The van der Waals surface area contributed by atoms with E-state index in [9.17, 15) is 14.7 Å². The van der Waals surface area contributed by atoms with Crippen molar-refractivity contribution in [2.24, 2.45) is 0 Å². The van der Waals surface area contributed by atoms with Gasteiger partial charge in [-0.05, 0) is 29.7 Å². The van der Waals surface area contributed by atoms with E-state index in [0.29, 0.717) is 18.5 Å². The van der Waals surface area contributed by atoms with E-state index in [0.717, 1.165) is 10.0 Å². The number of carbonyl (C=O) groups excluding carboxylic acids is 1. The SMILES string of the molecule is O=C(OCc1ccccc1)N1CCC(C(=O)O)(c2cccc(Br)c2)C1. The Morgan fingerprint density at radius 1 is 1.16 bits per heavy atom. The van der Waals surface area contributed by atoms with Crippen molar-refractivity contribution in [2.45, 2.75) is 18.4 Å². The first kappa shape index (κ1) is 17.5. The quantitative estimate of drug-likeness (QED) is 0.842. The molecule has 1 amide bonds. The van der Waals surface area contributed by atoms with E-state index in [2.05, 4.69) is 15.9 Å². The molecule has 1 fully saturated rings. The molecular formula is C19H18BrNO4. The highest BCUT2D eigenvalue weighted by molar-refractivity contribution is 9.10. The Labute approximate surface area is 154 Å². The van der Waals surface area contributed by atoms with Crippen LogP contribution in [-0.2, 0) is 21.6 Å². The summed E-state index contributed by atoms with van der Waals surface area (Å²) in [5.74, 6) is -0.927. The van der Waals surface area contributed by atoms with E-state index >= 15 is 0 Å². The fraction of sp³-hybridized carbons (Fsp3) is 0.263. The Bertz CT molecular complexity index is 780. The summed E-state index contributed by atoms with van der Waals surface area (Å²) >= 11 is 3.38. The van der Waals surface area contributed by atoms with Crippen LogP contribution in [0.2, 0.25) is 0 Å². The van der Waals surface area contributed by atoms with Gasteiger partial charge in [-0.3, -0.25) is 4.79 Å². The molecule has 0 radical (unpaired) electrons. The van der Waals surface area contributed by atoms with E-state index in [1.165, 1.54) is 4.90 Å². The van der Waals surface area contributed by atoms with Gasteiger partial charge in [0.15, 0.2) is 0 Å². The van der Waals surface area contributed by atoms with Crippen molar-refractivity contribution in [3.8, 4) is 0 Å². The van der Waals surface area contributed by atoms with Gasteiger partial charge in [-0.25, -0.2) is 4.79 Å². The average Bonchev–Trinajstić information content (AvgIpc) is 3.07. The zero-order valence-electron chi connectivity index (χ0n) is 13.5. The number of hydrogen-bond donors (Lipinski definition) is 1. The van der Waals surface area contributed by atoms with Gasteiger partial charge in [0.05, 0.1) is 0 Å². The highest BCUT2D eigenvalue weighted by Crippen LogP contribution is 2.36. The lowest BCUT2D eigenvalue weighted by Gasteiger charge is -2.25. The average molecular weight is 404 g/mol. The zero-order chi connectivity index (χ0) is 17.9. The van der Waals surface area contributed by atoms with Gasteiger partial charge in [-0.15, -0.1) is 0 Å². The Balaban J connectivity index is 1.71. The maximum atomic E-state index is 12.3. The monoisotopic (exact) mass is 403 g/mol. The minimum atomic E-state index is -1.10. The molecule has 0 spiro atoms. The van der Waals surface area contributed by atoms with Crippen molar-refractivity contribution in [2.75, 3.05) is 13.1 Å². The summed E-state index contributed by atoms with van der Waals surface area (Å²) in [7, 11) is 0. The molecule has 1 heterocycles. The number of nitrogens with zero attached hydrogens (tertiary/aromatic N) is 1. The highest BCUT2D eigenvalue weighted by Gasteiger charge is 2.48. The highest BCUT2D eigenvalue weighted by atomic mass is 79.9. The number of amides is 1. The van der Waals surface area contributed by atoms with Crippen LogP contribution in [0.4, 0.5) is 4.79 Å². The number of benzene rings is 2. The molecule has 130 valence electrons. The largest absolute Gasteiger partial charge is 0.481 e. The van der Waals surface area contributed by atoms with Gasteiger partial charge < -0.3 is 14.7 Å². The molecule has 1 aliphatic heterocycles. The number of hydrogen-bond acceptors (Lipinski definition) is 3. The van der Waals surface area contributed by atoms with Gasteiger partial charge in [0, 0.05) is 17.6 Å². The van der Waals surface area contributed by atoms with E-state index < -0.39 is 17.5 Å². The first-order valence-corrected chi connectivity index (χ1v) is 8.76. The second-order valence-electron chi connectivity index (χ2n) is 6.11. The molecule has 25 heavy (non-hydrogen) atoms. The minimum absolute atomic E-state index is 0.104. The number of rotatable bonds is 4. The molecule has 0 aliphatic carbocycles. The molecule has 5 nitrogen and oxygen atoms in total. The number of likely N-dealkylation sites (tertiary alicyclic amines) is 1. The first-order chi connectivity index (χ1) is 12.0. The number of ether oxygens (including phenoxy) is 1. The Morgan fingerprint density at radius 2 is 1.92 bits per heavy atom. The summed E-state index contributed by atoms with van der Waals surface area (Å²) in [4.78, 5) is 25.8. The van der Waals surface area contributed by atoms with Gasteiger partial charge >= 0.3 is 12.1 Å². The van der Waals surface area contributed by atoms with Crippen LogP contribution < -0.4 is 0 Å². The summed E-state index contributed by atoms with van der Waals surface area (Å²) < 4.78 is 6.14. The number of carboxylic acid groups (broad SMARTS) is 1. The molecule has 0 saturated carbocycles. The van der Waals surface area contributed by atoms with Gasteiger partial charge in [-0.1, -0.05) is 58.4 Å². The molecule has 0 bridgehead atoms. The maximum Gasteiger partial charge on any atom is 0.410 e. The maximum absolute atomic E-state index is 12.3. The molecule has 0 aromatic heterocycles. The van der Waals surface area contributed by atoms with Crippen molar-refractivity contribution in [1.29, 1.82) is 0 Å². The second-order valence-corrected chi connectivity index (χ2v) is 7.03. The van der Waals surface area contributed by atoms with Crippen LogP contribution in [0.1, 0.15) is 17.5 Å². The van der Waals surface area contributed by atoms with E-state index in [-0.39, 0.29) is 13.2 Å². The van der Waals surface area contributed by atoms with Gasteiger partial charge in [0.25, 0.3) is 0 Å². The van der Waals surface area contributed by atoms with E-state index in [1.807, 2.05) is 36.4 Å². The predicted molar refractivity (Wildman–Crippen MR) is 96.3 cm³/mol. The standard InChI is InChI=1S/C19H18BrNO4/c20-16-8-4-7-15(11-16)19(17(22)23)9-10-21(13-19)18(24)25-12-14-5-2-1-3-6-14/h1-8,11H,9-10,12-13H2,(H,22,23). The van der Waals surface area contributed by atoms with Crippen molar-refractivity contribution in [3.05, 3.63) is 70.2 Å². The molecule has 1 unspecified atom stereocenters. The smallest absolute Gasteiger partial charge is 0.410 e. The number of halogens is 1. The van der Waals surface area contributed by atoms with E-state index in [1.54, 1.807) is 18.2 Å². The van der Waals surface area contributed by atoms with Crippen LogP contribution in [0.3, 0.4) is 0 Å². The van der Waals surface area contributed by atoms with Crippen LogP contribution in [0, 0.1) is 0 Å². The van der Waals surface area contributed by atoms with Crippen molar-refractivity contribution in [1.82, 2.24) is 4.90 Å². The Morgan fingerprint density at radius 3 is 2.60 bits per heavy atom. The van der Waals surface area contributed by atoms with Crippen molar-refractivity contribution >= 4 is 28.0 Å². The molecule has 2 aromatic rings. The lowest BCUT2D eigenvalue weighted by atomic mass is 9.80. The van der Waals surface area contributed by atoms with Crippen molar-refractivity contribution < 1.29 is 19.4 Å². The summed E-state index contributed by atoms with van der Waals surface area (Å²) in [6, 6.07) is 16.6. The molecule has 1 N–H and O–H groups in total. The van der Waals surface area contributed by atoms with Crippen LogP contribution >= 0.6 is 15.9 Å².